The largest absolute Gasteiger partial charge is 0.494 e. The van der Waals surface area contributed by atoms with Crippen molar-refractivity contribution in [3.05, 3.63) is 53.2 Å². The second-order valence-electron chi connectivity index (χ2n) is 4.45. The Labute approximate surface area is 112 Å². The predicted octanol–water partition coefficient (Wildman–Crippen LogP) is 3.24. The molecule has 0 saturated carbocycles. The van der Waals surface area contributed by atoms with E-state index in [0.717, 1.165) is 16.9 Å². The van der Waals surface area contributed by atoms with E-state index in [1.807, 2.05) is 26.1 Å². The molecule has 19 heavy (non-hydrogen) atoms. The van der Waals surface area contributed by atoms with Crippen molar-refractivity contribution < 1.29 is 13.5 Å². The highest BCUT2D eigenvalue weighted by atomic mass is 19.1. The zero-order valence-electron chi connectivity index (χ0n) is 11.4. The summed E-state index contributed by atoms with van der Waals surface area (Å²) in [4.78, 5) is 0. The maximum atomic E-state index is 13.7. The van der Waals surface area contributed by atoms with Crippen molar-refractivity contribution in [1.29, 1.82) is 0 Å². The highest BCUT2D eigenvalue weighted by Gasteiger charge is 2.15. The molecule has 0 amide bonds. The Balaban J connectivity index is 2.19. The maximum absolute atomic E-state index is 13.7. The summed E-state index contributed by atoms with van der Waals surface area (Å²) < 4.78 is 23.9. The normalized spacial score (nSPS) is 12.4. The lowest BCUT2D eigenvalue weighted by Crippen LogP contribution is -2.19. The second kappa shape index (κ2) is 5.89. The van der Waals surface area contributed by atoms with Crippen LogP contribution >= 0.6 is 0 Å². The average molecular weight is 263 g/mol. The van der Waals surface area contributed by atoms with Gasteiger partial charge in [0.25, 0.3) is 0 Å². The number of hydrogen-bond donors (Lipinski definition) is 1. The van der Waals surface area contributed by atoms with Gasteiger partial charge in [-0.2, -0.15) is 0 Å². The van der Waals surface area contributed by atoms with Crippen LogP contribution in [0.4, 0.5) is 4.39 Å². The minimum atomic E-state index is -0.334. The van der Waals surface area contributed by atoms with Crippen LogP contribution in [-0.4, -0.2) is 14.2 Å². The fourth-order valence-electron chi connectivity index (χ4n) is 2.20. The first kappa shape index (κ1) is 13.6. The first-order valence-electron chi connectivity index (χ1n) is 6.19. The maximum Gasteiger partial charge on any atom is 0.165 e. The van der Waals surface area contributed by atoms with Crippen molar-refractivity contribution in [2.75, 3.05) is 14.2 Å². The third-order valence-corrected chi connectivity index (χ3v) is 3.28. The van der Waals surface area contributed by atoms with Gasteiger partial charge in [-0.05, 0) is 44.2 Å². The van der Waals surface area contributed by atoms with Gasteiger partial charge in [0, 0.05) is 11.6 Å². The summed E-state index contributed by atoms with van der Waals surface area (Å²) in [6.45, 7) is 1.92. The van der Waals surface area contributed by atoms with Crippen molar-refractivity contribution in [1.82, 2.24) is 5.32 Å². The third-order valence-electron chi connectivity index (χ3n) is 3.28. The zero-order chi connectivity index (χ0) is 13.8. The van der Waals surface area contributed by atoms with Crippen LogP contribution in [0.1, 0.15) is 22.9 Å². The minimum Gasteiger partial charge on any atom is -0.494 e. The van der Waals surface area contributed by atoms with Crippen LogP contribution in [0, 0.1) is 12.7 Å². The highest BCUT2D eigenvalue weighted by molar-refractivity contribution is 5.31. The van der Waals surface area contributed by atoms with Gasteiger partial charge in [-0.15, -0.1) is 0 Å². The predicted molar refractivity (Wildman–Crippen MR) is 71.9 cm³/mol. The van der Waals surface area contributed by atoms with E-state index in [1.165, 1.54) is 13.2 Å². The minimum absolute atomic E-state index is 0.103. The van der Waals surface area contributed by atoms with Crippen molar-refractivity contribution in [2.24, 2.45) is 0 Å². The lowest BCUT2D eigenvalue weighted by atomic mass is 9.99. The molecule has 1 heterocycles. The number of furan rings is 1. The number of ether oxygens (including phenoxy) is 1. The SMILES string of the molecule is CNC(Cc1ccc(OC)c(F)c1)c1ccoc1C. The van der Waals surface area contributed by atoms with Gasteiger partial charge in [0.1, 0.15) is 5.76 Å². The molecular formula is C15H18FNO2. The van der Waals surface area contributed by atoms with Gasteiger partial charge in [-0.3, -0.25) is 0 Å². The molecule has 1 aromatic heterocycles. The molecule has 0 spiro atoms. The number of nitrogens with one attached hydrogen (secondary N) is 1. The molecule has 1 N–H and O–H groups in total. The van der Waals surface area contributed by atoms with Gasteiger partial charge in [0.05, 0.1) is 13.4 Å². The average Bonchev–Trinajstić information content (AvgIpc) is 2.82. The van der Waals surface area contributed by atoms with Crippen molar-refractivity contribution in [3.8, 4) is 5.75 Å². The molecule has 102 valence electrons. The van der Waals surface area contributed by atoms with Crippen LogP contribution in [-0.2, 0) is 6.42 Å². The molecule has 2 rings (SSSR count). The van der Waals surface area contributed by atoms with E-state index in [2.05, 4.69) is 5.32 Å². The van der Waals surface area contributed by atoms with E-state index < -0.39 is 0 Å². The smallest absolute Gasteiger partial charge is 0.165 e. The molecule has 1 aromatic carbocycles. The molecular weight excluding hydrogens is 245 g/mol. The third kappa shape index (κ3) is 2.96. The molecule has 1 atom stereocenters. The van der Waals surface area contributed by atoms with Crippen LogP contribution in [0.3, 0.4) is 0 Å². The van der Waals surface area contributed by atoms with Crippen LogP contribution in [0.5, 0.6) is 5.75 Å². The van der Waals surface area contributed by atoms with E-state index in [0.29, 0.717) is 6.42 Å². The molecule has 0 aliphatic heterocycles. The number of methoxy groups -OCH3 is 1. The summed E-state index contributed by atoms with van der Waals surface area (Å²) in [5.41, 5.74) is 2.01. The van der Waals surface area contributed by atoms with Gasteiger partial charge in [0.2, 0.25) is 0 Å². The molecule has 1 unspecified atom stereocenters. The first-order chi connectivity index (χ1) is 9.15. The van der Waals surface area contributed by atoms with Crippen molar-refractivity contribution in [2.45, 2.75) is 19.4 Å². The number of rotatable bonds is 5. The number of aryl methyl sites for hydroxylation is 1. The first-order valence-corrected chi connectivity index (χ1v) is 6.19. The van der Waals surface area contributed by atoms with Gasteiger partial charge >= 0.3 is 0 Å². The van der Waals surface area contributed by atoms with E-state index in [9.17, 15) is 4.39 Å². The molecule has 2 aromatic rings. The van der Waals surface area contributed by atoms with Crippen LogP contribution in [0.2, 0.25) is 0 Å². The Morgan fingerprint density at radius 3 is 2.68 bits per heavy atom. The van der Waals surface area contributed by atoms with E-state index in [1.54, 1.807) is 12.3 Å². The lowest BCUT2D eigenvalue weighted by molar-refractivity contribution is 0.386. The fraction of sp³-hybridized carbons (Fsp3) is 0.333. The number of halogens is 1. The number of hydrogen-bond acceptors (Lipinski definition) is 3. The number of likely N-dealkylation sites (N-methyl/N-ethyl adjacent to an activating group) is 1. The van der Waals surface area contributed by atoms with Gasteiger partial charge in [-0.25, -0.2) is 4.39 Å². The molecule has 4 heteroatoms. The van der Waals surface area contributed by atoms with E-state index in [-0.39, 0.29) is 17.6 Å². The molecule has 0 radical (unpaired) electrons. The molecule has 0 aliphatic carbocycles. The number of benzene rings is 1. The molecule has 0 aliphatic rings. The second-order valence-corrected chi connectivity index (χ2v) is 4.45. The van der Waals surface area contributed by atoms with Crippen molar-refractivity contribution in [3.63, 3.8) is 0 Å². The quantitative estimate of drug-likeness (QED) is 0.899. The molecule has 0 fully saturated rings. The summed E-state index contributed by atoms with van der Waals surface area (Å²) >= 11 is 0. The fourth-order valence-corrected chi connectivity index (χ4v) is 2.20. The van der Waals surface area contributed by atoms with E-state index >= 15 is 0 Å². The molecule has 0 bridgehead atoms. The summed E-state index contributed by atoms with van der Waals surface area (Å²) in [6, 6.07) is 7.09. The summed E-state index contributed by atoms with van der Waals surface area (Å²) in [7, 11) is 3.35. The Hall–Kier alpha value is -1.81. The van der Waals surface area contributed by atoms with Crippen LogP contribution < -0.4 is 10.1 Å². The van der Waals surface area contributed by atoms with Crippen LogP contribution in [0.25, 0.3) is 0 Å². The van der Waals surface area contributed by atoms with Crippen LogP contribution in [0.15, 0.2) is 34.9 Å². The Kier molecular flexibility index (Phi) is 4.22. The van der Waals surface area contributed by atoms with Gasteiger partial charge < -0.3 is 14.5 Å². The monoisotopic (exact) mass is 263 g/mol. The molecule has 0 saturated heterocycles. The Morgan fingerprint density at radius 2 is 2.16 bits per heavy atom. The molecule has 3 nitrogen and oxygen atoms in total. The lowest BCUT2D eigenvalue weighted by Gasteiger charge is -2.16. The summed E-state index contributed by atoms with van der Waals surface area (Å²) in [6.07, 6.45) is 2.36. The summed E-state index contributed by atoms with van der Waals surface area (Å²) in [5, 5.41) is 3.23. The van der Waals surface area contributed by atoms with E-state index in [4.69, 9.17) is 9.15 Å². The Bertz CT molecular complexity index is 551. The topological polar surface area (TPSA) is 34.4 Å². The standard InChI is InChI=1S/C15H18FNO2/c1-10-12(6-7-19-10)14(17-2)9-11-4-5-15(18-3)13(16)8-11/h4-8,14,17H,9H2,1-3H3. The Morgan fingerprint density at radius 1 is 1.37 bits per heavy atom. The van der Waals surface area contributed by atoms with Gasteiger partial charge in [0.15, 0.2) is 11.6 Å². The van der Waals surface area contributed by atoms with Crippen molar-refractivity contribution >= 4 is 0 Å². The summed E-state index contributed by atoms with van der Waals surface area (Å²) in [5.74, 6) is 0.816. The zero-order valence-corrected chi connectivity index (χ0v) is 11.4. The van der Waals surface area contributed by atoms with Gasteiger partial charge in [-0.1, -0.05) is 6.07 Å². The highest BCUT2D eigenvalue weighted by Crippen LogP contribution is 2.24.